The number of rotatable bonds is 9. The molecule has 1 aromatic rings. The molecule has 5 nitrogen and oxygen atoms in total. The third-order valence-corrected chi connectivity index (χ3v) is 2.65. The van der Waals surface area contributed by atoms with Gasteiger partial charge in [-0.15, -0.1) is 0 Å². The Bertz CT molecular complexity index is 387. The molecule has 0 fully saturated rings. The van der Waals surface area contributed by atoms with E-state index < -0.39 is 0 Å². The molecule has 0 unspecified atom stereocenters. The van der Waals surface area contributed by atoms with E-state index in [1.165, 1.54) is 0 Å². The molecule has 19 heavy (non-hydrogen) atoms. The first kappa shape index (κ1) is 16.0. The molecule has 0 aliphatic rings. The molecule has 0 saturated carbocycles. The van der Waals surface area contributed by atoms with Crippen molar-refractivity contribution in [2.75, 3.05) is 41.3 Å². The van der Waals surface area contributed by atoms with Crippen LogP contribution in [0.1, 0.15) is 5.56 Å². The third kappa shape index (κ3) is 5.24. The van der Waals surface area contributed by atoms with Gasteiger partial charge in [-0.1, -0.05) is 11.6 Å². The average Bonchev–Trinajstić information content (AvgIpc) is 2.41. The summed E-state index contributed by atoms with van der Waals surface area (Å²) >= 11 is 6.06. The van der Waals surface area contributed by atoms with Gasteiger partial charge in [-0.3, -0.25) is 0 Å². The monoisotopic (exact) mass is 289 g/mol. The fraction of sp³-hybridized carbons (Fsp3) is 0.538. The van der Waals surface area contributed by atoms with E-state index in [0.29, 0.717) is 29.7 Å². The van der Waals surface area contributed by atoms with Crippen molar-refractivity contribution < 1.29 is 18.9 Å². The minimum Gasteiger partial charge on any atom is -0.493 e. The lowest BCUT2D eigenvalue weighted by atomic mass is 10.2. The van der Waals surface area contributed by atoms with Crippen LogP contribution in [-0.4, -0.2) is 41.3 Å². The van der Waals surface area contributed by atoms with Crippen LogP contribution in [0.15, 0.2) is 12.1 Å². The highest BCUT2D eigenvalue weighted by Gasteiger charge is 2.12. The van der Waals surface area contributed by atoms with Crippen LogP contribution in [-0.2, 0) is 16.0 Å². The molecule has 6 heteroatoms. The van der Waals surface area contributed by atoms with Crippen LogP contribution in [0.4, 0.5) is 0 Å². The summed E-state index contributed by atoms with van der Waals surface area (Å²) in [5.41, 5.74) is 0.914. The smallest absolute Gasteiger partial charge is 0.188 e. The van der Waals surface area contributed by atoms with Crippen molar-refractivity contribution >= 4 is 11.6 Å². The molecule has 108 valence electrons. The van der Waals surface area contributed by atoms with E-state index in [1.807, 2.05) is 6.07 Å². The second-order valence-electron chi connectivity index (χ2n) is 3.82. The van der Waals surface area contributed by atoms with Gasteiger partial charge in [0.05, 0.1) is 13.7 Å². The number of nitrogens with one attached hydrogen (secondary N) is 1. The number of benzene rings is 1. The molecule has 0 spiro atoms. The molecule has 0 bridgehead atoms. The Balaban J connectivity index is 2.82. The van der Waals surface area contributed by atoms with Crippen molar-refractivity contribution in [2.24, 2.45) is 0 Å². The topological polar surface area (TPSA) is 49.0 Å². The fourth-order valence-corrected chi connectivity index (χ4v) is 1.82. The average molecular weight is 290 g/mol. The predicted octanol–water partition coefficient (Wildman–Crippen LogP) is 2.07. The lowest BCUT2D eigenvalue weighted by molar-refractivity contribution is 0.0483. The van der Waals surface area contributed by atoms with Crippen LogP contribution in [0.5, 0.6) is 11.5 Å². The van der Waals surface area contributed by atoms with Gasteiger partial charge in [-0.2, -0.15) is 0 Å². The van der Waals surface area contributed by atoms with Crippen molar-refractivity contribution in [3.8, 4) is 11.5 Å². The fourth-order valence-electron chi connectivity index (χ4n) is 1.58. The summed E-state index contributed by atoms with van der Waals surface area (Å²) in [7, 11) is 4.81. The van der Waals surface area contributed by atoms with E-state index in [-0.39, 0.29) is 6.79 Å². The highest BCUT2D eigenvalue weighted by Crippen LogP contribution is 2.34. The zero-order chi connectivity index (χ0) is 14.1. The first-order chi connectivity index (χ1) is 9.22. The highest BCUT2D eigenvalue weighted by atomic mass is 35.5. The number of methoxy groups -OCH3 is 3. The summed E-state index contributed by atoms with van der Waals surface area (Å²) in [6, 6.07) is 3.56. The molecular weight excluding hydrogens is 270 g/mol. The largest absolute Gasteiger partial charge is 0.493 e. The number of hydrogen-bond donors (Lipinski definition) is 1. The van der Waals surface area contributed by atoms with Crippen molar-refractivity contribution in [3.05, 3.63) is 22.7 Å². The Kier molecular flexibility index (Phi) is 7.59. The molecule has 0 aliphatic heterocycles. The molecule has 0 saturated heterocycles. The summed E-state index contributed by atoms with van der Waals surface area (Å²) in [5.74, 6) is 1.23. The standard InChI is InChI=1S/C13H20ClNO4/c1-16-5-4-15-8-10-6-11(14)7-12(18-3)13(10)19-9-17-2/h6-7,15H,4-5,8-9H2,1-3H3. The number of ether oxygens (including phenoxy) is 4. The Morgan fingerprint density at radius 3 is 2.58 bits per heavy atom. The Morgan fingerprint density at radius 1 is 1.16 bits per heavy atom. The van der Waals surface area contributed by atoms with Gasteiger partial charge in [0.25, 0.3) is 0 Å². The van der Waals surface area contributed by atoms with Crippen molar-refractivity contribution in [1.82, 2.24) is 5.32 Å². The Hall–Kier alpha value is -1.01. The Labute approximate surface area is 118 Å². The van der Waals surface area contributed by atoms with Crippen LogP contribution in [0.3, 0.4) is 0 Å². The summed E-state index contributed by atoms with van der Waals surface area (Å²) in [5, 5.41) is 3.84. The van der Waals surface area contributed by atoms with Crippen molar-refractivity contribution in [3.63, 3.8) is 0 Å². The van der Waals surface area contributed by atoms with Gasteiger partial charge < -0.3 is 24.3 Å². The zero-order valence-electron chi connectivity index (χ0n) is 11.5. The lowest BCUT2D eigenvalue weighted by Gasteiger charge is -2.15. The quantitative estimate of drug-likeness (QED) is 0.557. The maximum absolute atomic E-state index is 6.06. The van der Waals surface area contributed by atoms with Gasteiger partial charge in [-0.25, -0.2) is 0 Å². The molecular formula is C13H20ClNO4. The van der Waals surface area contributed by atoms with E-state index in [2.05, 4.69) is 5.32 Å². The predicted molar refractivity (Wildman–Crippen MR) is 74.1 cm³/mol. The molecule has 0 aliphatic carbocycles. The van der Waals surface area contributed by atoms with Gasteiger partial charge in [0, 0.05) is 44.0 Å². The third-order valence-electron chi connectivity index (χ3n) is 2.44. The van der Waals surface area contributed by atoms with E-state index in [4.69, 9.17) is 30.5 Å². The normalized spacial score (nSPS) is 10.5. The minimum atomic E-state index is 0.156. The molecule has 1 aromatic carbocycles. The SMILES string of the molecule is COCCNCc1cc(Cl)cc(OC)c1OCOC. The van der Waals surface area contributed by atoms with Crippen molar-refractivity contribution in [2.45, 2.75) is 6.54 Å². The molecule has 0 radical (unpaired) electrons. The summed E-state index contributed by atoms with van der Waals surface area (Å²) in [6.45, 7) is 2.16. The zero-order valence-corrected chi connectivity index (χ0v) is 12.3. The highest BCUT2D eigenvalue weighted by molar-refractivity contribution is 6.30. The second kappa shape index (κ2) is 8.98. The minimum absolute atomic E-state index is 0.156. The van der Waals surface area contributed by atoms with Crippen LogP contribution in [0.2, 0.25) is 5.02 Å². The molecule has 0 amide bonds. The van der Waals surface area contributed by atoms with Crippen LogP contribution in [0.25, 0.3) is 0 Å². The summed E-state index contributed by atoms with van der Waals surface area (Å²) in [6.07, 6.45) is 0. The molecule has 0 atom stereocenters. The van der Waals surface area contributed by atoms with Crippen LogP contribution < -0.4 is 14.8 Å². The van der Waals surface area contributed by atoms with Crippen LogP contribution >= 0.6 is 11.6 Å². The van der Waals surface area contributed by atoms with Gasteiger partial charge in [-0.05, 0) is 6.07 Å². The number of halogens is 1. The second-order valence-corrected chi connectivity index (χ2v) is 4.25. The summed E-state index contributed by atoms with van der Waals surface area (Å²) in [4.78, 5) is 0. The Morgan fingerprint density at radius 2 is 1.95 bits per heavy atom. The first-order valence-corrected chi connectivity index (χ1v) is 6.28. The lowest BCUT2D eigenvalue weighted by Crippen LogP contribution is -2.19. The van der Waals surface area contributed by atoms with Gasteiger partial charge in [0.15, 0.2) is 18.3 Å². The van der Waals surface area contributed by atoms with Crippen LogP contribution in [0, 0.1) is 0 Å². The molecule has 1 rings (SSSR count). The van der Waals surface area contributed by atoms with Gasteiger partial charge >= 0.3 is 0 Å². The van der Waals surface area contributed by atoms with E-state index in [9.17, 15) is 0 Å². The maximum atomic E-state index is 6.06. The number of hydrogen-bond acceptors (Lipinski definition) is 5. The van der Waals surface area contributed by atoms with Gasteiger partial charge in [0.1, 0.15) is 0 Å². The van der Waals surface area contributed by atoms with Gasteiger partial charge in [0.2, 0.25) is 0 Å². The molecule has 1 N–H and O–H groups in total. The molecule has 0 heterocycles. The van der Waals surface area contributed by atoms with Crippen molar-refractivity contribution in [1.29, 1.82) is 0 Å². The summed E-state index contributed by atoms with van der Waals surface area (Å²) < 4.78 is 20.7. The van der Waals surface area contributed by atoms with E-state index in [1.54, 1.807) is 27.4 Å². The first-order valence-electron chi connectivity index (χ1n) is 5.90. The maximum Gasteiger partial charge on any atom is 0.188 e. The molecule has 0 aromatic heterocycles. The van der Waals surface area contributed by atoms with E-state index >= 15 is 0 Å². The van der Waals surface area contributed by atoms with E-state index in [0.717, 1.165) is 12.1 Å².